The first-order chi connectivity index (χ1) is 10.2. The monoisotopic (exact) mass is 344 g/mol. The molecule has 6 nitrogen and oxygen atoms in total. The molecule has 7 heteroatoms. The van der Waals surface area contributed by atoms with Gasteiger partial charge in [0.25, 0.3) is 0 Å². The third kappa shape index (κ3) is 4.66. The Morgan fingerprint density at radius 1 is 1.33 bits per heavy atom. The predicted molar refractivity (Wildman–Crippen MR) is 78.7 cm³/mol. The van der Waals surface area contributed by atoms with Crippen molar-refractivity contribution in [2.24, 2.45) is 5.92 Å². The maximum absolute atomic E-state index is 9.03. The third-order valence-corrected chi connectivity index (χ3v) is 3.41. The molecule has 1 unspecified atom stereocenters. The molecule has 0 spiro atoms. The van der Waals surface area contributed by atoms with Crippen molar-refractivity contribution in [1.82, 2.24) is 20.2 Å². The van der Waals surface area contributed by atoms with Crippen molar-refractivity contribution in [2.75, 3.05) is 0 Å². The maximum Gasteiger partial charge on any atom is 0.179 e. The van der Waals surface area contributed by atoms with Gasteiger partial charge < -0.3 is 0 Å². The van der Waals surface area contributed by atoms with Crippen LogP contribution in [-0.4, -0.2) is 20.2 Å². The molecule has 21 heavy (non-hydrogen) atoms. The molecule has 2 aromatic rings. The molecular weight excluding hydrogens is 332 g/mol. The van der Waals surface area contributed by atoms with Crippen molar-refractivity contribution in [3.05, 3.63) is 40.1 Å². The van der Waals surface area contributed by atoms with E-state index >= 15 is 0 Å². The Morgan fingerprint density at radius 2 is 2.19 bits per heavy atom. The number of hydrogen-bond donors (Lipinski definition) is 0. The van der Waals surface area contributed by atoms with E-state index in [0.29, 0.717) is 31.6 Å². The third-order valence-electron chi connectivity index (χ3n) is 2.92. The van der Waals surface area contributed by atoms with E-state index in [0.717, 1.165) is 10.0 Å². The second kappa shape index (κ2) is 7.51. The first-order valence-electron chi connectivity index (χ1n) is 6.49. The number of tetrazole rings is 1. The molecule has 0 aliphatic carbocycles. The first kappa shape index (κ1) is 15.1. The Hall–Kier alpha value is -2.25. The number of benzene rings is 1. The van der Waals surface area contributed by atoms with E-state index in [2.05, 4.69) is 37.4 Å². The molecule has 1 heterocycles. The Balaban J connectivity index is 1.98. The zero-order valence-corrected chi connectivity index (χ0v) is 12.9. The van der Waals surface area contributed by atoms with Gasteiger partial charge in [0.15, 0.2) is 5.82 Å². The largest absolute Gasteiger partial charge is 0.198 e. The Bertz CT molecular complexity index is 681. The average molecular weight is 345 g/mol. The van der Waals surface area contributed by atoms with Gasteiger partial charge >= 0.3 is 0 Å². The molecule has 0 saturated heterocycles. The normalized spacial score (nSPS) is 11.6. The number of nitriles is 2. The van der Waals surface area contributed by atoms with Crippen molar-refractivity contribution in [3.8, 4) is 12.1 Å². The van der Waals surface area contributed by atoms with E-state index in [1.54, 1.807) is 0 Å². The van der Waals surface area contributed by atoms with Crippen molar-refractivity contribution < 1.29 is 0 Å². The molecule has 0 aliphatic rings. The van der Waals surface area contributed by atoms with Crippen LogP contribution in [-0.2, 0) is 13.0 Å². The summed E-state index contributed by atoms with van der Waals surface area (Å²) in [6.07, 6.45) is 1.47. The summed E-state index contributed by atoms with van der Waals surface area (Å²) in [4.78, 5) is 1.43. The summed E-state index contributed by atoms with van der Waals surface area (Å²) in [7, 11) is 0. The average Bonchev–Trinajstić information content (AvgIpc) is 2.90. The number of aromatic nitrogens is 4. The van der Waals surface area contributed by atoms with Crippen LogP contribution in [0.3, 0.4) is 0 Å². The molecule has 1 aromatic heterocycles. The van der Waals surface area contributed by atoms with Crippen LogP contribution in [0.4, 0.5) is 0 Å². The van der Waals surface area contributed by atoms with Gasteiger partial charge in [-0.1, -0.05) is 28.1 Å². The molecule has 1 atom stereocenters. The van der Waals surface area contributed by atoms with Crippen LogP contribution in [0.25, 0.3) is 0 Å². The highest BCUT2D eigenvalue weighted by Gasteiger charge is 2.11. The summed E-state index contributed by atoms with van der Waals surface area (Å²) >= 11 is 3.42. The molecule has 0 amide bonds. The molecule has 0 fully saturated rings. The predicted octanol–water partition coefficient (Wildman–Crippen LogP) is 2.47. The lowest BCUT2D eigenvalue weighted by Gasteiger charge is -2.04. The first-order valence-corrected chi connectivity index (χ1v) is 7.28. The van der Waals surface area contributed by atoms with Crippen LogP contribution in [0.5, 0.6) is 0 Å². The van der Waals surface area contributed by atoms with Crippen LogP contribution in [0, 0.1) is 28.6 Å². The molecule has 0 aliphatic heterocycles. The van der Waals surface area contributed by atoms with E-state index in [1.165, 1.54) is 4.80 Å². The number of nitrogens with zero attached hydrogens (tertiary/aromatic N) is 6. The van der Waals surface area contributed by atoms with Crippen LogP contribution < -0.4 is 0 Å². The summed E-state index contributed by atoms with van der Waals surface area (Å²) in [5, 5.41) is 29.8. The fourth-order valence-corrected chi connectivity index (χ4v) is 2.33. The van der Waals surface area contributed by atoms with E-state index in [4.69, 9.17) is 10.5 Å². The van der Waals surface area contributed by atoms with Crippen LogP contribution in [0.15, 0.2) is 28.7 Å². The highest BCUT2D eigenvalue weighted by Crippen LogP contribution is 2.13. The molecular formula is C14H13BrN6. The van der Waals surface area contributed by atoms with Crippen molar-refractivity contribution in [2.45, 2.75) is 25.8 Å². The standard InChI is InChI=1S/C14H13BrN6/c15-13-5-1-3-11(7-13)8-14-18-20-21(19-14)10-12(9-17)4-2-6-16/h1,3,5,7,12H,2,4,8,10H2. The zero-order valence-electron chi connectivity index (χ0n) is 11.3. The lowest BCUT2D eigenvalue weighted by atomic mass is 10.1. The number of rotatable bonds is 6. The second-order valence-corrected chi connectivity index (χ2v) is 5.51. The molecule has 106 valence electrons. The van der Waals surface area contributed by atoms with Gasteiger partial charge in [-0.05, 0) is 29.3 Å². The zero-order chi connectivity index (χ0) is 15.1. The highest BCUT2D eigenvalue weighted by atomic mass is 79.9. The van der Waals surface area contributed by atoms with Gasteiger partial charge in [0, 0.05) is 17.3 Å². The topological polar surface area (TPSA) is 91.2 Å². The fourth-order valence-electron chi connectivity index (χ4n) is 1.89. The van der Waals surface area contributed by atoms with Gasteiger partial charge in [-0.25, -0.2) is 0 Å². The minimum atomic E-state index is -0.266. The van der Waals surface area contributed by atoms with Gasteiger partial charge in [0.2, 0.25) is 0 Å². The van der Waals surface area contributed by atoms with Crippen molar-refractivity contribution in [3.63, 3.8) is 0 Å². The Labute approximate surface area is 131 Å². The Kier molecular flexibility index (Phi) is 5.42. The van der Waals surface area contributed by atoms with Gasteiger partial charge in [0.1, 0.15) is 0 Å². The number of hydrogen-bond acceptors (Lipinski definition) is 5. The van der Waals surface area contributed by atoms with E-state index in [-0.39, 0.29) is 5.92 Å². The smallest absolute Gasteiger partial charge is 0.179 e. The lowest BCUT2D eigenvalue weighted by molar-refractivity contribution is 0.426. The lowest BCUT2D eigenvalue weighted by Crippen LogP contribution is -2.12. The molecule has 0 radical (unpaired) electrons. The van der Waals surface area contributed by atoms with Crippen LogP contribution >= 0.6 is 15.9 Å². The van der Waals surface area contributed by atoms with E-state index in [1.807, 2.05) is 30.3 Å². The van der Waals surface area contributed by atoms with Gasteiger partial charge in [-0.3, -0.25) is 0 Å². The van der Waals surface area contributed by atoms with Gasteiger partial charge in [0.05, 0.1) is 24.6 Å². The SMILES string of the molecule is N#CCCC(C#N)Cn1nnc(Cc2cccc(Br)c2)n1. The summed E-state index contributed by atoms with van der Waals surface area (Å²) in [5.74, 6) is 0.350. The van der Waals surface area contributed by atoms with Crippen LogP contribution in [0.1, 0.15) is 24.2 Å². The maximum atomic E-state index is 9.03. The summed E-state index contributed by atoms with van der Waals surface area (Å²) in [5.41, 5.74) is 1.09. The van der Waals surface area contributed by atoms with Gasteiger partial charge in [-0.15, -0.1) is 10.2 Å². The Morgan fingerprint density at radius 3 is 2.90 bits per heavy atom. The molecule has 1 aromatic carbocycles. The summed E-state index contributed by atoms with van der Waals surface area (Å²) in [6.45, 7) is 0.365. The molecule has 0 bridgehead atoms. The fraction of sp³-hybridized carbons (Fsp3) is 0.357. The molecule has 0 saturated carbocycles. The van der Waals surface area contributed by atoms with E-state index in [9.17, 15) is 0 Å². The second-order valence-electron chi connectivity index (χ2n) is 4.59. The minimum absolute atomic E-state index is 0.266. The number of halogens is 1. The summed E-state index contributed by atoms with van der Waals surface area (Å²) < 4.78 is 1.01. The van der Waals surface area contributed by atoms with Gasteiger partial charge in [-0.2, -0.15) is 15.3 Å². The van der Waals surface area contributed by atoms with Crippen molar-refractivity contribution >= 4 is 15.9 Å². The quantitative estimate of drug-likeness (QED) is 0.802. The van der Waals surface area contributed by atoms with E-state index < -0.39 is 0 Å². The molecule has 0 N–H and O–H groups in total. The van der Waals surface area contributed by atoms with Crippen molar-refractivity contribution in [1.29, 1.82) is 10.5 Å². The molecule has 2 rings (SSSR count). The highest BCUT2D eigenvalue weighted by molar-refractivity contribution is 9.10. The summed E-state index contributed by atoms with van der Waals surface area (Å²) in [6, 6.07) is 12.1. The minimum Gasteiger partial charge on any atom is -0.198 e. The van der Waals surface area contributed by atoms with Crippen LogP contribution in [0.2, 0.25) is 0 Å².